The molecule has 2 saturated heterocycles. The van der Waals surface area contributed by atoms with Gasteiger partial charge in [0.15, 0.2) is 15.5 Å². The van der Waals surface area contributed by atoms with E-state index in [1.165, 1.54) is 11.3 Å². The van der Waals surface area contributed by atoms with Gasteiger partial charge in [0.25, 0.3) is 5.56 Å². The highest BCUT2D eigenvalue weighted by Crippen LogP contribution is 2.33. The standard InChI is InChI=1S/C23H27N5O3S/c1-27-19(16-9-12-31-13-10-16)26-21-18(22(27)30)25-23(32-21)28-11-5-8-17(28)20(29)24-14-15-6-3-2-4-7-15/h2-4,6-7,16-17H,5,8-14H2,1H3,(H,24,29)/t17-/m1/s1. The summed E-state index contributed by atoms with van der Waals surface area (Å²) in [5.74, 6) is 1.02. The van der Waals surface area contributed by atoms with Crippen molar-refractivity contribution in [3.05, 3.63) is 52.1 Å². The predicted molar refractivity (Wildman–Crippen MR) is 124 cm³/mol. The summed E-state index contributed by atoms with van der Waals surface area (Å²) in [4.78, 5) is 38.1. The largest absolute Gasteiger partial charge is 0.381 e. The highest BCUT2D eigenvalue weighted by molar-refractivity contribution is 7.21. The molecule has 168 valence electrons. The molecular weight excluding hydrogens is 426 g/mol. The van der Waals surface area contributed by atoms with Crippen molar-refractivity contribution in [3.63, 3.8) is 0 Å². The van der Waals surface area contributed by atoms with Gasteiger partial charge in [0.1, 0.15) is 11.9 Å². The molecule has 0 radical (unpaired) electrons. The second-order valence-corrected chi connectivity index (χ2v) is 9.38. The molecule has 2 aromatic heterocycles. The molecule has 0 saturated carbocycles. The third-order valence-electron chi connectivity index (χ3n) is 6.36. The van der Waals surface area contributed by atoms with E-state index in [9.17, 15) is 9.59 Å². The fourth-order valence-corrected chi connectivity index (χ4v) is 5.59. The first-order valence-electron chi connectivity index (χ1n) is 11.2. The van der Waals surface area contributed by atoms with Crippen LogP contribution in [-0.2, 0) is 23.1 Å². The Hall–Kier alpha value is -2.78. The van der Waals surface area contributed by atoms with E-state index in [1.54, 1.807) is 11.6 Å². The van der Waals surface area contributed by atoms with E-state index in [4.69, 9.17) is 9.72 Å². The van der Waals surface area contributed by atoms with Crippen LogP contribution in [0.15, 0.2) is 35.1 Å². The number of carbonyl (C=O) groups excluding carboxylic acids is 1. The third-order valence-corrected chi connectivity index (χ3v) is 7.35. The van der Waals surface area contributed by atoms with Gasteiger partial charge < -0.3 is 15.0 Å². The van der Waals surface area contributed by atoms with Crippen molar-refractivity contribution >= 4 is 32.7 Å². The molecule has 2 fully saturated rings. The van der Waals surface area contributed by atoms with Crippen LogP contribution < -0.4 is 15.8 Å². The molecule has 1 atom stereocenters. The summed E-state index contributed by atoms with van der Waals surface area (Å²) in [6.07, 6.45) is 3.42. The maximum absolute atomic E-state index is 13.0. The molecule has 0 spiro atoms. The van der Waals surface area contributed by atoms with Crippen LogP contribution in [0.4, 0.5) is 5.13 Å². The molecule has 4 heterocycles. The van der Waals surface area contributed by atoms with Gasteiger partial charge in [-0.2, -0.15) is 0 Å². The van der Waals surface area contributed by atoms with Crippen LogP contribution in [0, 0.1) is 0 Å². The van der Waals surface area contributed by atoms with Crippen LogP contribution >= 0.6 is 11.3 Å². The summed E-state index contributed by atoms with van der Waals surface area (Å²) in [5, 5.41) is 3.75. The summed E-state index contributed by atoms with van der Waals surface area (Å²) in [7, 11) is 1.77. The normalized spacial score (nSPS) is 19.5. The molecule has 0 unspecified atom stereocenters. The van der Waals surface area contributed by atoms with Crippen molar-refractivity contribution in [2.45, 2.75) is 44.2 Å². The number of ether oxygens (including phenoxy) is 1. The smallest absolute Gasteiger partial charge is 0.280 e. The maximum Gasteiger partial charge on any atom is 0.280 e. The van der Waals surface area contributed by atoms with Crippen LogP contribution in [0.2, 0.25) is 0 Å². The second kappa shape index (κ2) is 8.99. The van der Waals surface area contributed by atoms with Gasteiger partial charge in [0.2, 0.25) is 5.91 Å². The number of fused-ring (bicyclic) bond motifs is 1. The van der Waals surface area contributed by atoms with Crippen molar-refractivity contribution in [1.29, 1.82) is 0 Å². The number of rotatable bonds is 5. The molecule has 2 aliphatic heterocycles. The van der Waals surface area contributed by atoms with Gasteiger partial charge in [0, 0.05) is 39.3 Å². The minimum Gasteiger partial charge on any atom is -0.381 e. The molecule has 1 aromatic carbocycles. The van der Waals surface area contributed by atoms with Crippen molar-refractivity contribution in [2.75, 3.05) is 24.7 Å². The SMILES string of the molecule is Cn1c(C2CCOCC2)nc2sc(N3CCC[C@@H]3C(=O)NCc3ccccc3)nc2c1=O. The fourth-order valence-electron chi connectivity index (χ4n) is 4.57. The van der Waals surface area contributed by atoms with E-state index in [0.717, 1.165) is 43.6 Å². The van der Waals surface area contributed by atoms with Crippen molar-refractivity contribution in [3.8, 4) is 0 Å². The van der Waals surface area contributed by atoms with E-state index in [2.05, 4.69) is 10.3 Å². The Morgan fingerprint density at radius 1 is 1.19 bits per heavy atom. The lowest BCUT2D eigenvalue weighted by Gasteiger charge is -2.23. The number of aromatic nitrogens is 3. The minimum atomic E-state index is -0.280. The monoisotopic (exact) mass is 453 g/mol. The Morgan fingerprint density at radius 3 is 2.75 bits per heavy atom. The average molecular weight is 454 g/mol. The van der Waals surface area contributed by atoms with E-state index in [1.807, 2.05) is 35.2 Å². The Kier molecular flexibility index (Phi) is 5.93. The molecule has 1 N–H and O–H groups in total. The minimum absolute atomic E-state index is 0.00522. The number of benzene rings is 1. The predicted octanol–water partition coefficient (Wildman–Crippen LogP) is 2.57. The summed E-state index contributed by atoms with van der Waals surface area (Å²) < 4.78 is 7.10. The second-order valence-electron chi connectivity index (χ2n) is 8.43. The van der Waals surface area contributed by atoms with Gasteiger partial charge in [0.05, 0.1) is 0 Å². The zero-order valence-electron chi connectivity index (χ0n) is 18.1. The Labute approximate surface area is 190 Å². The summed E-state index contributed by atoms with van der Waals surface area (Å²) in [6, 6.07) is 9.61. The molecule has 1 amide bonds. The number of hydrogen-bond donors (Lipinski definition) is 1. The average Bonchev–Trinajstić information content (AvgIpc) is 3.48. The van der Waals surface area contributed by atoms with Gasteiger partial charge in [-0.15, -0.1) is 0 Å². The molecule has 9 heteroatoms. The molecule has 3 aromatic rings. The summed E-state index contributed by atoms with van der Waals surface area (Å²) in [5.41, 5.74) is 1.33. The van der Waals surface area contributed by atoms with Crippen LogP contribution in [0.1, 0.15) is 43.0 Å². The zero-order chi connectivity index (χ0) is 22.1. The number of nitrogens with one attached hydrogen (secondary N) is 1. The molecule has 0 bridgehead atoms. The summed E-state index contributed by atoms with van der Waals surface area (Å²) >= 11 is 1.41. The number of nitrogens with zero attached hydrogens (tertiary/aromatic N) is 4. The molecular formula is C23H27N5O3S. The van der Waals surface area contributed by atoms with Crippen molar-refractivity contribution < 1.29 is 9.53 Å². The molecule has 2 aliphatic rings. The first-order chi connectivity index (χ1) is 15.6. The van der Waals surface area contributed by atoms with E-state index >= 15 is 0 Å². The Bertz CT molecular complexity index is 1170. The quantitative estimate of drug-likeness (QED) is 0.639. The highest BCUT2D eigenvalue weighted by atomic mass is 32.1. The van der Waals surface area contributed by atoms with Gasteiger partial charge in [-0.3, -0.25) is 14.2 Å². The van der Waals surface area contributed by atoms with E-state index < -0.39 is 0 Å². The fraction of sp³-hybridized carbons (Fsp3) is 0.478. The number of amides is 1. The number of anilines is 1. The van der Waals surface area contributed by atoms with Crippen LogP contribution in [-0.4, -0.2) is 46.2 Å². The zero-order valence-corrected chi connectivity index (χ0v) is 18.9. The van der Waals surface area contributed by atoms with Gasteiger partial charge >= 0.3 is 0 Å². The number of carbonyl (C=O) groups is 1. The van der Waals surface area contributed by atoms with Gasteiger partial charge in [-0.1, -0.05) is 41.7 Å². The highest BCUT2D eigenvalue weighted by Gasteiger charge is 2.33. The number of hydrogen-bond acceptors (Lipinski definition) is 7. The topological polar surface area (TPSA) is 89.3 Å². The van der Waals surface area contributed by atoms with E-state index in [-0.39, 0.29) is 23.4 Å². The molecule has 32 heavy (non-hydrogen) atoms. The number of thiazole rings is 1. The molecule has 5 rings (SSSR count). The van der Waals surface area contributed by atoms with Crippen LogP contribution in [0.3, 0.4) is 0 Å². The van der Waals surface area contributed by atoms with Gasteiger partial charge in [-0.25, -0.2) is 9.97 Å². The lowest BCUT2D eigenvalue weighted by atomic mass is 9.99. The molecule has 8 nitrogen and oxygen atoms in total. The first kappa shape index (κ1) is 21.1. The first-order valence-corrected chi connectivity index (χ1v) is 12.0. The van der Waals surface area contributed by atoms with Gasteiger partial charge in [-0.05, 0) is 31.2 Å². The van der Waals surface area contributed by atoms with Crippen molar-refractivity contribution in [2.24, 2.45) is 7.05 Å². The van der Waals surface area contributed by atoms with E-state index in [0.29, 0.717) is 35.2 Å². The Morgan fingerprint density at radius 2 is 1.97 bits per heavy atom. The van der Waals surface area contributed by atoms with Crippen LogP contribution in [0.5, 0.6) is 0 Å². The maximum atomic E-state index is 13.0. The van der Waals surface area contributed by atoms with Crippen LogP contribution in [0.25, 0.3) is 10.3 Å². The Balaban J connectivity index is 1.39. The molecule has 0 aliphatic carbocycles. The lowest BCUT2D eigenvalue weighted by molar-refractivity contribution is -0.122. The summed E-state index contributed by atoms with van der Waals surface area (Å²) in [6.45, 7) is 2.64. The third kappa shape index (κ3) is 4.02. The van der Waals surface area contributed by atoms with Crippen molar-refractivity contribution in [1.82, 2.24) is 19.9 Å². The lowest BCUT2D eigenvalue weighted by Crippen LogP contribution is -2.43.